The van der Waals surface area contributed by atoms with Crippen LogP contribution < -0.4 is 24.8 Å². The second kappa shape index (κ2) is 11.0. The number of benzene rings is 2. The van der Waals surface area contributed by atoms with Crippen molar-refractivity contribution in [3.63, 3.8) is 0 Å². The van der Waals surface area contributed by atoms with Crippen molar-refractivity contribution < 1.29 is 27.4 Å². The summed E-state index contributed by atoms with van der Waals surface area (Å²) in [5, 5.41) is 6.16. The normalized spacial score (nSPS) is 12.4. The highest BCUT2D eigenvalue weighted by atomic mass is 19.3. The predicted octanol–water partition coefficient (Wildman–Crippen LogP) is 3.57. The van der Waals surface area contributed by atoms with Crippen molar-refractivity contribution in [3.05, 3.63) is 53.8 Å². The molecule has 0 aromatic heterocycles. The van der Waals surface area contributed by atoms with Gasteiger partial charge < -0.3 is 24.8 Å². The number of aliphatic imine (C=N–C) groups is 1. The number of methoxy groups -OCH3 is 1. The standard InChI is InChI=1S/C20H24F3N3O3/c1-13(28-16-6-4-5-15(21)10-16)11-25-20(24-2)26-12-14-7-8-17(27-3)18(9-14)29-19(22)23/h4-10,13,19H,11-12H2,1-3H3,(H2,24,25,26). The van der Waals surface area contributed by atoms with Gasteiger partial charge in [-0.15, -0.1) is 0 Å². The lowest BCUT2D eigenvalue weighted by Crippen LogP contribution is -2.41. The second-order valence-electron chi connectivity index (χ2n) is 6.06. The highest BCUT2D eigenvalue weighted by Gasteiger charge is 2.12. The maximum absolute atomic E-state index is 13.2. The fraction of sp³-hybridized carbons (Fsp3) is 0.350. The highest BCUT2D eigenvalue weighted by molar-refractivity contribution is 5.79. The molecule has 0 heterocycles. The Bertz CT molecular complexity index is 819. The van der Waals surface area contributed by atoms with E-state index >= 15 is 0 Å². The summed E-state index contributed by atoms with van der Waals surface area (Å²) in [6.45, 7) is -0.370. The summed E-state index contributed by atoms with van der Waals surface area (Å²) >= 11 is 0. The first-order valence-electron chi connectivity index (χ1n) is 8.89. The van der Waals surface area contributed by atoms with Crippen molar-refractivity contribution in [1.29, 1.82) is 0 Å². The molecule has 2 N–H and O–H groups in total. The van der Waals surface area contributed by atoms with Gasteiger partial charge in [0, 0.05) is 19.7 Å². The van der Waals surface area contributed by atoms with Crippen molar-refractivity contribution in [1.82, 2.24) is 10.6 Å². The topological polar surface area (TPSA) is 64.1 Å². The number of hydrogen-bond acceptors (Lipinski definition) is 4. The van der Waals surface area contributed by atoms with Gasteiger partial charge >= 0.3 is 6.61 Å². The molecule has 158 valence electrons. The molecule has 29 heavy (non-hydrogen) atoms. The summed E-state index contributed by atoms with van der Waals surface area (Å²) in [6.07, 6.45) is -0.248. The van der Waals surface area contributed by atoms with Crippen molar-refractivity contribution >= 4 is 5.96 Å². The Morgan fingerprint density at radius 3 is 2.52 bits per heavy atom. The minimum Gasteiger partial charge on any atom is -0.493 e. The van der Waals surface area contributed by atoms with Gasteiger partial charge in [0.2, 0.25) is 0 Å². The van der Waals surface area contributed by atoms with Crippen LogP contribution in [-0.4, -0.2) is 39.4 Å². The lowest BCUT2D eigenvalue weighted by atomic mass is 10.2. The molecule has 0 saturated heterocycles. The van der Waals surface area contributed by atoms with Crippen molar-refractivity contribution in [3.8, 4) is 17.2 Å². The Kier molecular flexibility index (Phi) is 8.45. The van der Waals surface area contributed by atoms with Crippen LogP contribution in [0.15, 0.2) is 47.5 Å². The van der Waals surface area contributed by atoms with Gasteiger partial charge in [0.15, 0.2) is 17.5 Å². The van der Waals surface area contributed by atoms with Crippen LogP contribution in [-0.2, 0) is 6.54 Å². The molecule has 0 bridgehead atoms. The van der Waals surface area contributed by atoms with Crippen LogP contribution in [0.3, 0.4) is 0 Å². The van der Waals surface area contributed by atoms with E-state index in [1.54, 1.807) is 31.3 Å². The van der Waals surface area contributed by atoms with Crippen LogP contribution in [0, 0.1) is 5.82 Å². The Labute approximate surface area is 167 Å². The number of rotatable bonds is 9. The van der Waals surface area contributed by atoms with Crippen molar-refractivity contribution in [2.24, 2.45) is 4.99 Å². The van der Waals surface area contributed by atoms with E-state index in [2.05, 4.69) is 20.4 Å². The number of guanidine groups is 1. The van der Waals surface area contributed by atoms with E-state index < -0.39 is 6.61 Å². The van der Waals surface area contributed by atoms with E-state index in [0.717, 1.165) is 0 Å². The first-order valence-corrected chi connectivity index (χ1v) is 8.89. The third kappa shape index (κ3) is 7.44. The minimum absolute atomic E-state index is 0.0399. The predicted molar refractivity (Wildman–Crippen MR) is 104 cm³/mol. The largest absolute Gasteiger partial charge is 0.493 e. The second-order valence-corrected chi connectivity index (χ2v) is 6.06. The molecule has 1 unspecified atom stereocenters. The quantitative estimate of drug-likeness (QED) is 0.488. The number of alkyl halides is 2. The molecule has 0 aliphatic heterocycles. The molecule has 0 radical (unpaired) electrons. The molecule has 0 aliphatic carbocycles. The number of hydrogen-bond donors (Lipinski definition) is 2. The zero-order chi connectivity index (χ0) is 21.2. The molecule has 6 nitrogen and oxygen atoms in total. The van der Waals surface area contributed by atoms with E-state index in [1.807, 2.05) is 6.92 Å². The average Bonchev–Trinajstić information content (AvgIpc) is 2.68. The van der Waals surface area contributed by atoms with Gasteiger partial charge in [-0.2, -0.15) is 8.78 Å². The van der Waals surface area contributed by atoms with Crippen LogP contribution in [0.5, 0.6) is 17.2 Å². The summed E-state index contributed by atoms with van der Waals surface area (Å²) in [6, 6.07) is 10.7. The number of ether oxygens (including phenoxy) is 3. The van der Waals surface area contributed by atoms with Crippen LogP contribution in [0.2, 0.25) is 0 Å². The smallest absolute Gasteiger partial charge is 0.387 e. The van der Waals surface area contributed by atoms with E-state index in [-0.39, 0.29) is 23.4 Å². The fourth-order valence-corrected chi connectivity index (χ4v) is 2.48. The SMILES string of the molecule is CN=C(NCc1ccc(OC)c(OC(F)F)c1)NCC(C)Oc1cccc(F)c1. The molecule has 0 amide bonds. The summed E-state index contributed by atoms with van der Waals surface area (Å²) < 4.78 is 53.4. The third-order valence-electron chi connectivity index (χ3n) is 3.82. The molecule has 2 rings (SSSR count). The molecule has 2 aromatic rings. The summed E-state index contributed by atoms with van der Waals surface area (Å²) in [4.78, 5) is 4.10. The van der Waals surface area contributed by atoms with E-state index in [4.69, 9.17) is 9.47 Å². The van der Waals surface area contributed by atoms with Crippen molar-refractivity contribution in [2.45, 2.75) is 26.2 Å². The Hall–Kier alpha value is -3.10. The van der Waals surface area contributed by atoms with Crippen LogP contribution >= 0.6 is 0 Å². The van der Waals surface area contributed by atoms with Gasteiger partial charge in [-0.1, -0.05) is 12.1 Å². The first-order chi connectivity index (χ1) is 13.9. The molecule has 0 spiro atoms. The first kappa shape index (κ1) is 22.2. The summed E-state index contributed by atoms with van der Waals surface area (Å²) in [5.41, 5.74) is 0.702. The Morgan fingerprint density at radius 1 is 1.07 bits per heavy atom. The Morgan fingerprint density at radius 2 is 1.86 bits per heavy atom. The summed E-state index contributed by atoms with van der Waals surface area (Å²) in [5.74, 6) is 0.746. The number of nitrogens with one attached hydrogen (secondary N) is 2. The van der Waals surface area contributed by atoms with Gasteiger partial charge in [-0.3, -0.25) is 4.99 Å². The van der Waals surface area contributed by atoms with Crippen LogP contribution in [0.25, 0.3) is 0 Å². The van der Waals surface area contributed by atoms with Gasteiger partial charge in [-0.25, -0.2) is 4.39 Å². The third-order valence-corrected chi connectivity index (χ3v) is 3.82. The molecule has 0 fully saturated rings. The van der Waals surface area contributed by atoms with Crippen LogP contribution in [0.1, 0.15) is 12.5 Å². The van der Waals surface area contributed by atoms with Crippen LogP contribution in [0.4, 0.5) is 13.2 Å². The lowest BCUT2D eigenvalue weighted by Gasteiger charge is -2.18. The maximum atomic E-state index is 13.2. The van der Waals surface area contributed by atoms with E-state index in [1.165, 1.54) is 25.3 Å². The van der Waals surface area contributed by atoms with Gasteiger partial charge in [0.25, 0.3) is 0 Å². The molecule has 2 aromatic carbocycles. The Balaban J connectivity index is 1.87. The molecule has 9 heteroatoms. The van der Waals surface area contributed by atoms with Gasteiger partial charge in [0.1, 0.15) is 17.7 Å². The van der Waals surface area contributed by atoms with E-state index in [0.29, 0.717) is 30.4 Å². The zero-order valence-corrected chi connectivity index (χ0v) is 16.4. The lowest BCUT2D eigenvalue weighted by molar-refractivity contribution is -0.0512. The number of halogens is 3. The fourth-order valence-electron chi connectivity index (χ4n) is 2.48. The zero-order valence-electron chi connectivity index (χ0n) is 16.4. The highest BCUT2D eigenvalue weighted by Crippen LogP contribution is 2.29. The number of nitrogens with zero attached hydrogens (tertiary/aromatic N) is 1. The molecular weight excluding hydrogens is 387 g/mol. The maximum Gasteiger partial charge on any atom is 0.387 e. The van der Waals surface area contributed by atoms with E-state index in [9.17, 15) is 13.2 Å². The average molecular weight is 411 g/mol. The molecule has 0 aliphatic rings. The van der Waals surface area contributed by atoms with Crippen molar-refractivity contribution in [2.75, 3.05) is 20.7 Å². The summed E-state index contributed by atoms with van der Waals surface area (Å²) in [7, 11) is 2.98. The monoisotopic (exact) mass is 411 g/mol. The van der Waals surface area contributed by atoms with Gasteiger partial charge in [0.05, 0.1) is 13.7 Å². The molecule has 1 atom stereocenters. The molecular formula is C20H24F3N3O3. The minimum atomic E-state index is -2.94. The molecule has 0 saturated carbocycles. The van der Waals surface area contributed by atoms with Gasteiger partial charge in [-0.05, 0) is 36.8 Å².